The molecule has 0 aliphatic heterocycles. The maximum absolute atomic E-state index is 4.18. The van der Waals surface area contributed by atoms with Gasteiger partial charge in [-0.2, -0.15) is 0 Å². The number of aromatic nitrogens is 1. The van der Waals surface area contributed by atoms with E-state index in [9.17, 15) is 0 Å². The van der Waals surface area contributed by atoms with Crippen molar-refractivity contribution in [3.8, 4) is 0 Å². The van der Waals surface area contributed by atoms with Gasteiger partial charge < -0.3 is 0 Å². The molecule has 0 radical (unpaired) electrons. The van der Waals surface area contributed by atoms with Crippen molar-refractivity contribution in [3.05, 3.63) is 48.3 Å². The Morgan fingerprint density at radius 1 is 1.57 bits per heavy atom. The molecule has 0 aromatic carbocycles. The van der Waals surface area contributed by atoms with E-state index >= 15 is 0 Å². The van der Waals surface area contributed by atoms with Gasteiger partial charge in [-0.3, -0.25) is 9.98 Å². The fraction of sp³-hybridized carbons (Fsp3) is 0.167. The summed E-state index contributed by atoms with van der Waals surface area (Å²) in [6.45, 7) is 7.81. The van der Waals surface area contributed by atoms with Crippen molar-refractivity contribution in [1.29, 1.82) is 0 Å². The van der Waals surface area contributed by atoms with Gasteiger partial charge in [-0.1, -0.05) is 12.7 Å². The fourth-order valence-electron chi connectivity index (χ4n) is 0.979. The summed E-state index contributed by atoms with van der Waals surface area (Å²) in [4.78, 5) is 8.34. The molecule has 0 saturated carbocycles. The Balaban J connectivity index is 2.79. The normalized spacial score (nSPS) is 11.3. The van der Waals surface area contributed by atoms with Crippen molar-refractivity contribution in [2.75, 3.05) is 0 Å². The number of hydrogen-bond donors (Lipinski definition) is 0. The van der Waals surface area contributed by atoms with Crippen molar-refractivity contribution in [3.63, 3.8) is 0 Å². The van der Waals surface area contributed by atoms with Crippen LogP contribution in [0.1, 0.15) is 18.2 Å². The minimum Gasteiger partial charge on any atom is -0.255 e. The van der Waals surface area contributed by atoms with E-state index in [0.29, 0.717) is 5.70 Å². The molecule has 1 aromatic rings. The average Bonchev–Trinajstić information content (AvgIpc) is 2.18. The minimum absolute atomic E-state index is 0.687. The monoisotopic (exact) mass is 186 g/mol. The van der Waals surface area contributed by atoms with Gasteiger partial charge in [0.25, 0.3) is 0 Å². The lowest BCUT2D eigenvalue weighted by Gasteiger charge is -1.98. The second-order valence-electron chi connectivity index (χ2n) is 2.97. The first kappa shape index (κ1) is 10.4. The van der Waals surface area contributed by atoms with E-state index in [1.165, 1.54) is 0 Å². The zero-order valence-electron chi connectivity index (χ0n) is 8.57. The molecular formula is C12H14N2. The minimum atomic E-state index is 0.687. The lowest BCUT2D eigenvalue weighted by Crippen LogP contribution is -1.86. The van der Waals surface area contributed by atoms with E-state index in [-0.39, 0.29) is 0 Å². The highest BCUT2D eigenvalue weighted by Crippen LogP contribution is 2.11. The van der Waals surface area contributed by atoms with Crippen LogP contribution < -0.4 is 0 Å². The van der Waals surface area contributed by atoms with Crippen LogP contribution in [0.5, 0.6) is 0 Å². The van der Waals surface area contributed by atoms with Crippen LogP contribution in [0.25, 0.3) is 5.70 Å². The Kier molecular flexibility index (Phi) is 3.80. The largest absolute Gasteiger partial charge is 0.255 e. The van der Waals surface area contributed by atoms with Crippen LogP contribution in [0.4, 0.5) is 0 Å². The topological polar surface area (TPSA) is 25.2 Å². The lowest BCUT2D eigenvalue weighted by molar-refractivity contribution is 1.23. The number of aliphatic imine (C=N–C) groups is 1. The number of rotatable bonds is 3. The summed E-state index contributed by atoms with van der Waals surface area (Å²) in [5.74, 6) is 0. The Labute approximate surface area is 84.7 Å². The second kappa shape index (κ2) is 5.12. The SMILES string of the molecule is C=C(N=C/C=C/C)c1cc(C)ccn1. The molecule has 1 aromatic heterocycles. The average molecular weight is 186 g/mol. The van der Waals surface area contributed by atoms with Crippen LogP contribution in [-0.2, 0) is 0 Å². The van der Waals surface area contributed by atoms with E-state index in [4.69, 9.17) is 0 Å². The van der Waals surface area contributed by atoms with Gasteiger partial charge in [-0.05, 0) is 37.6 Å². The molecule has 0 N–H and O–H groups in total. The van der Waals surface area contributed by atoms with E-state index in [1.54, 1.807) is 12.4 Å². The van der Waals surface area contributed by atoms with Crippen LogP contribution >= 0.6 is 0 Å². The van der Waals surface area contributed by atoms with Crippen molar-refractivity contribution in [2.45, 2.75) is 13.8 Å². The van der Waals surface area contributed by atoms with Crippen molar-refractivity contribution in [2.24, 2.45) is 4.99 Å². The van der Waals surface area contributed by atoms with Gasteiger partial charge in [0, 0.05) is 12.4 Å². The van der Waals surface area contributed by atoms with Crippen molar-refractivity contribution < 1.29 is 0 Å². The van der Waals surface area contributed by atoms with Gasteiger partial charge in [0.15, 0.2) is 0 Å². The number of hydrogen-bond acceptors (Lipinski definition) is 2. The standard InChI is InChI=1S/C12H14N2/c1-4-5-7-13-11(3)12-9-10(2)6-8-14-12/h4-9H,3H2,1-2H3/b5-4+,13-7?. The molecule has 0 bridgehead atoms. The van der Waals surface area contributed by atoms with E-state index < -0.39 is 0 Å². The molecule has 1 heterocycles. The molecule has 0 aliphatic rings. The second-order valence-corrected chi connectivity index (χ2v) is 2.97. The van der Waals surface area contributed by atoms with Gasteiger partial charge in [-0.15, -0.1) is 0 Å². The van der Waals surface area contributed by atoms with Crippen LogP contribution in [0.15, 0.2) is 42.1 Å². The summed E-state index contributed by atoms with van der Waals surface area (Å²) >= 11 is 0. The third kappa shape index (κ3) is 2.98. The fourth-order valence-corrected chi connectivity index (χ4v) is 0.979. The first-order valence-corrected chi connectivity index (χ1v) is 4.51. The Morgan fingerprint density at radius 3 is 3.00 bits per heavy atom. The zero-order chi connectivity index (χ0) is 10.4. The molecule has 2 nitrogen and oxygen atoms in total. The summed E-state index contributed by atoms with van der Waals surface area (Å²) in [6, 6.07) is 3.92. The van der Waals surface area contributed by atoms with Gasteiger partial charge >= 0.3 is 0 Å². The van der Waals surface area contributed by atoms with Gasteiger partial charge in [-0.25, -0.2) is 0 Å². The first-order valence-electron chi connectivity index (χ1n) is 4.51. The molecule has 0 atom stereocenters. The Hall–Kier alpha value is -1.70. The molecule has 1 rings (SSSR count). The quantitative estimate of drug-likeness (QED) is 0.666. The van der Waals surface area contributed by atoms with Crippen LogP contribution in [0.3, 0.4) is 0 Å². The van der Waals surface area contributed by atoms with E-state index in [1.807, 2.05) is 38.1 Å². The maximum Gasteiger partial charge on any atom is 0.0882 e. The molecule has 14 heavy (non-hydrogen) atoms. The molecule has 2 heteroatoms. The molecule has 0 aliphatic carbocycles. The highest BCUT2D eigenvalue weighted by atomic mass is 14.8. The third-order valence-electron chi connectivity index (χ3n) is 1.72. The summed E-state index contributed by atoms with van der Waals surface area (Å²) < 4.78 is 0. The molecular weight excluding hydrogens is 172 g/mol. The van der Waals surface area contributed by atoms with Crippen molar-refractivity contribution >= 4 is 11.9 Å². The number of allylic oxidation sites excluding steroid dienone is 2. The highest BCUT2D eigenvalue weighted by molar-refractivity contribution is 5.78. The molecule has 0 unspecified atom stereocenters. The summed E-state index contributed by atoms with van der Waals surface area (Å²) in [5.41, 5.74) is 2.68. The lowest BCUT2D eigenvalue weighted by atomic mass is 10.2. The van der Waals surface area contributed by atoms with Crippen LogP contribution in [0, 0.1) is 6.92 Å². The van der Waals surface area contributed by atoms with Crippen LogP contribution in [0.2, 0.25) is 0 Å². The highest BCUT2D eigenvalue weighted by Gasteiger charge is 1.96. The first-order chi connectivity index (χ1) is 6.74. The number of nitrogens with zero attached hydrogens (tertiary/aromatic N) is 2. The summed E-state index contributed by atoms with van der Waals surface area (Å²) in [5, 5.41) is 0. The molecule has 0 saturated heterocycles. The predicted octanol–water partition coefficient (Wildman–Crippen LogP) is 3.01. The smallest absolute Gasteiger partial charge is 0.0882 e. The Morgan fingerprint density at radius 2 is 2.36 bits per heavy atom. The number of aryl methyl sites for hydroxylation is 1. The van der Waals surface area contributed by atoms with Gasteiger partial charge in [0.05, 0.1) is 11.4 Å². The predicted molar refractivity (Wildman–Crippen MR) is 61.3 cm³/mol. The molecule has 0 amide bonds. The van der Waals surface area contributed by atoms with Gasteiger partial charge in [0.1, 0.15) is 0 Å². The maximum atomic E-state index is 4.18. The molecule has 0 fully saturated rings. The molecule has 72 valence electrons. The van der Waals surface area contributed by atoms with E-state index in [2.05, 4.69) is 16.6 Å². The summed E-state index contributed by atoms with van der Waals surface area (Å²) in [7, 11) is 0. The van der Waals surface area contributed by atoms with Gasteiger partial charge in [0.2, 0.25) is 0 Å². The number of pyridine rings is 1. The van der Waals surface area contributed by atoms with Crippen LogP contribution in [-0.4, -0.2) is 11.2 Å². The summed E-state index contributed by atoms with van der Waals surface area (Å²) in [6.07, 6.45) is 7.26. The zero-order valence-corrected chi connectivity index (χ0v) is 8.57. The van der Waals surface area contributed by atoms with Crippen molar-refractivity contribution in [1.82, 2.24) is 4.98 Å². The molecule has 0 spiro atoms. The van der Waals surface area contributed by atoms with E-state index in [0.717, 1.165) is 11.3 Å². The Bertz CT molecular complexity index is 376. The third-order valence-corrected chi connectivity index (χ3v) is 1.72.